The topological polar surface area (TPSA) is 24.1 Å². The first-order chi connectivity index (χ1) is 8.02. The fourth-order valence-electron chi connectivity index (χ4n) is 1.66. The van der Waals surface area contributed by atoms with Gasteiger partial charge in [0.25, 0.3) is 0 Å². The van der Waals surface area contributed by atoms with Gasteiger partial charge in [0.05, 0.1) is 0 Å². The second-order valence-corrected chi connectivity index (χ2v) is 4.96. The van der Waals surface area contributed by atoms with E-state index in [1.165, 1.54) is 5.56 Å². The highest BCUT2D eigenvalue weighted by molar-refractivity contribution is 5.49. The number of rotatable bonds is 6. The molecule has 17 heavy (non-hydrogen) atoms. The van der Waals surface area contributed by atoms with E-state index < -0.39 is 0 Å². The van der Waals surface area contributed by atoms with Crippen LogP contribution in [0.3, 0.4) is 0 Å². The fraction of sp³-hybridized carbons (Fsp3) is 0.467. The highest BCUT2D eigenvalue weighted by atomic mass is 15.0. The molecule has 0 radical (unpaired) electrons. The monoisotopic (exact) mass is 232 g/mol. The Kier molecular flexibility index (Phi) is 5.23. The van der Waals surface area contributed by atoms with Crippen molar-refractivity contribution in [1.82, 2.24) is 5.32 Å². The molecule has 0 fully saturated rings. The van der Waals surface area contributed by atoms with Crippen molar-refractivity contribution < 1.29 is 0 Å². The third-order valence-electron chi connectivity index (χ3n) is 2.86. The van der Waals surface area contributed by atoms with Crippen molar-refractivity contribution in [2.45, 2.75) is 33.2 Å². The fourth-order valence-corrected chi connectivity index (χ4v) is 1.66. The van der Waals surface area contributed by atoms with Crippen LogP contribution in [0.1, 0.15) is 26.3 Å². The van der Waals surface area contributed by atoms with Crippen LogP contribution >= 0.6 is 0 Å². The van der Waals surface area contributed by atoms with Crippen molar-refractivity contribution in [3.8, 4) is 0 Å². The lowest BCUT2D eigenvalue weighted by atomic mass is 10.0. The smallest absolute Gasteiger partial charge is 0.0435 e. The van der Waals surface area contributed by atoms with Gasteiger partial charge in [-0.15, -0.1) is 0 Å². The molecule has 2 heteroatoms. The average Bonchev–Trinajstić information content (AvgIpc) is 2.30. The van der Waals surface area contributed by atoms with Gasteiger partial charge in [0.1, 0.15) is 0 Å². The van der Waals surface area contributed by atoms with E-state index >= 15 is 0 Å². The molecule has 0 aromatic heterocycles. The molecule has 2 N–H and O–H groups in total. The van der Waals surface area contributed by atoms with Crippen molar-refractivity contribution in [1.29, 1.82) is 0 Å². The van der Waals surface area contributed by atoms with Gasteiger partial charge in [-0.25, -0.2) is 0 Å². The van der Waals surface area contributed by atoms with Gasteiger partial charge in [-0.3, -0.25) is 0 Å². The van der Waals surface area contributed by atoms with E-state index in [9.17, 15) is 0 Å². The van der Waals surface area contributed by atoms with E-state index in [0.29, 0.717) is 5.92 Å². The van der Waals surface area contributed by atoms with E-state index in [1.54, 1.807) is 0 Å². The Balaban J connectivity index is 2.59. The van der Waals surface area contributed by atoms with Gasteiger partial charge in [-0.2, -0.15) is 0 Å². The highest BCUT2D eigenvalue weighted by Crippen LogP contribution is 2.15. The molecule has 1 aromatic rings. The van der Waals surface area contributed by atoms with E-state index in [0.717, 1.165) is 17.8 Å². The van der Waals surface area contributed by atoms with E-state index in [-0.39, 0.29) is 6.04 Å². The van der Waals surface area contributed by atoms with Crippen LogP contribution in [-0.4, -0.2) is 13.1 Å². The summed E-state index contributed by atoms with van der Waals surface area (Å²) in [5, 5.41) is 6.48. The summed E-state index contributed by atoms with van der Waals surface area (Å²) < 4.78 is 0. The first-order valence-corrected chi connectivity index (χ1v) is 6.25. The van der Waals surface area contributed by atoms with Crippen LogP contribution in [0.2, 0.25) is 0 Å². The zero-order valence-electron chi connectivity index (χ0n) is 11.4. The first kappa shape index (κ1) is 13.8. The summed E-state index contributed by atoms with van der Waals surface area (Å²) in [5.41, 5.74) is 3.48. The van der Waals surface area contributed by atoms with Gasteiger partial charge in [-0.05, 0) is 44.0 Å². The quantitative estimate of drug-likeness (QED) is 0.785. The third kappa shape index (κ3) is 4.61. The summed E-state index contributed by atoms with van der Waals surface area (Å²) in [6.45, 7) is 10.6. The summed E-state index contributed by atoms with van der Waals surface area (Å²) in [7, 11) is 1.93. The standard InChI is InChI=1S/C15H24N2/c1-11(2)10-14-6-8-15(9-7-14)17-13(4)12(3)16-5/h6-9,11-12,16-17H,4,10H2,1-3,5H3. The van der Waals surface area contributed by atoms with Crippen LogP contribution in [0.15, 0.2) is 36.5 Å². The number of benzene rings is 1. The van der Waals surface area contributed by atoms with Crippen LogP contribution in [0.5, 0.6) is 0 Å². The van der Waals surface area contributed by atoms with E-state index in [4.69, 9.17) is 0 Å². The van der Waals surface area contributed by atoms with Crippen LogP contribution in [-0.2, 0) is 6.42 Å². The zero-order valence-corrected chi connectivity index (χ0v) is 11.4. The molecule has 0 amide bonds. The van der Waals surface area contributed by atoms with Crippen molar-refractivity contribution in [2.24, 2.45) is 5.92 Å². The molecule has 0 bridgehead atoms. The molecule has 94 valence electrons. The lowest BCUT2D eigenvalue weighted by molar-refractivity contribution is 0.647. The Morgan fingerprint density at radius 2 is 1.76 bits per heavy atom. The molecule has 2 nitrogen and oxygen atoms in total. The molecule has 0 aliphatic heterocycles. The first-order valence-electron chi connectivity index (χ1n) is 6.25. The van der Waals surface area contributed by atoms with Crippen LogP contribution in [0, 0.1) is 5.92 Å². The van der Waals surface area contributed by atoms with Crippen LogP contribution in [0.4, 0.5) is 5.69 Å². The maximum Gasteiger partial charge on any atom is 0.0435 e. The normalized spacial score (nSPS) is 12.5. The van der Waals surface area contributed by atoms with Crippen molar-refractivity contribution >= 4 is 5.69 Å². The molecule has 1 rings (SSSR count). The van der Waals surface area contributed by atoms with E-state index in [1.807, 2.05) is 7.05 Å². The van der Waals surface area contributed by atoms with Crippen LogP contribution < -0.4 is 10.6 Å². The Morgan fingerprint density at radius 1 is 1.18 bits per heavy atom. The Morgan fingerprint density at radius 3 is 2.24 bits per heavy atom. The summed E-state index contributed by atoms with van der Waals surface area (Å²) in [6, 6.07) is 8.86. The number of hydrogen-bond acceptors (Lipinski definition) is 2. The Labute approximate surface area is 105 Å². The molecule has 1 atom stereocenters. The second kappa shape index (κ2) is 6.45. The van der Waals surface area contributed by atoms with Crippen molar-refractivity contribution in [2.75, 3.05) is 12.4 Å². The lowest BCUT2D eigenvalue weighted by Crippen LogP contribution is -2.26. The molecule has 1 aromatic carbocycles. The zero-order chi connectivity index (χ0) is 12.8. The van der Waals surface area contributed by atoms with Gasteiger partial charge >= 0.3 is 0 Å². The minimum absolute atomic E-state index is 0.269. The number of hydrogen-bond donors (Lipinski definition) is 2. The predicted molar refractivity (Wildman–Crippen MR) is 76.3 cm³/mol. The minimum Gasteiger partial charge on any atom is -0.358 e. The van der Waals surface area contributed by atoms with Gasteiger partial charge in [0, 0.05) is 17.4 Å². The molecular weight excluding hydrogens is 208 g/mol. The van der Waals surface area contributed by atoms with Gasteiger partial charge in [0.2, 0.25) is 0 Å². The number of likely N-dealkylation sites (N-methyl/N-ethyl adjacent to an activating group) is 1. The Bertz CT molecular complexity index is 352. The predicted octanol–water partition coefficient (Wildman–Crippen LogP) is 3.42. The molecule has 0 heterocycles. The molecule has 1 unspecified atom stereocenters. The summed E-state index contributed by atoms with van der Waals surface area (Å²) in [5.74, 6) is 0.702. The molecule has 0 aliphatic carbocycles. The van der Waals surface area contributed by atoms with Gasteiger partial charge in [-0.1, -0.05) is 32.6 Å². The maximum absolute atomic E-state index is 4.02. The maximum atomic E-state index is 4.02. The SMILES string of the molecule is C=C(Nc1ccc(CC(C)C)cc1)C(C)NC. The average molecular weight is 232 g/mol. The Hall–Kier alpha value is -1.28. The number of nitrogens with one attached hydrogen (secondary N) is 2. The van der Waals surface area contributed by atoms with Crippen LogP contribution in [0.25, 0.3) is 0 Å². The van der Waals surface area contributed by atoms with Crippen molar-refractivity contribution in [3.05, 3.63) is 42.1 Å². The molecular formula is C15H24N2. The summed E-state index contributed by atoms with van der Waals surface area (Å²) in [6.07, 6.45) is 1.13. The summed E-state index contributed by atoms with van der Waals surface area (Å²) in [4.78, 5) is 0. The minimum atomic E-state index is 0.269. The molecule has 0 saturated heterocycles. The number of anilines is 1. The molecule has 0 aliphatic rings. The van der Waals surface area contributed by atoms with Crippen molar-refractivity contribution in [3.63, 3.8) is 0 Å². The largest absolute Gasteiger partial charge is 0.358 e. The lowest BCUT2D eigenvalue weighted by Gasteiger charge is -2.16. The molecule has 0 saturated carbocycles. The third-order valence-corrected chi connectivity index (χ3v) is 2.86. The highest BCUT2D eigenvalue weighted by Gasteiger charge is 2.03. The van der Waals surface area contributed by atoms with Gasteiger partial charge in [0.15, 0.2) is 0 Å². The summed E-state index contributed by atoms with van der Waals surface area (Å²) >= 11 is 0. The molecule has 0 spiro atoms. The second-order valence-electron chi connectivity index (χ2n) is 4.96. The van der Waals surface area contributed by atoms with Gasteiger partial charge < -0.3 is 10.6 Å². The van der Waals surface area contributed by atoms with E-state index in [2.05, 4.69) is 62.2 Å².